The highest BCUT2D eigenvalue weighted by Crippen LogP contribution is 2.32. The van der Waals surface area contributed by atoms with E-state index in [0.29, 0.717) is 29.3 Å². The molecule has 3 rings (SSSR count). The molecule has 2 aromatic carbocycles. The zero-order valence-corrected chi connectivity index (χ0v) is 14.2. The number of rotatable bonds is 5. The van der Waals surface area contributed by atoms with Crippen LogP contribution in [-0.2, 0) is 11.2 Å². The standard InChI is InChI=1S/C19H20N2O4/c1-3-20-19(23)14-5-6-15(12(2)8-14)21-18(22)10-13-4-7-16-17(9-13)25-11-24-16/h4-9H,3,10-11H2,1-2H3,(H,20,23)(H,21,22). The van der Waals surface area contributed by atoms with E-state index in [-0.39, 0.29) is 25.0 Å². The molecule has 6 nitrogen and oxygen atoms in total. The molecular weight excluding hydrogens is 320 g/mol. The summed E-state index contributed by atoms with van der Waals surface area (Å²) in [7, 11) is 0. The second kappa shape index (κ2) is 7.25. The van der Waals surface area contributed by atoms with Crippen LogP contribution < -0.4 is 20.1 Å². The Morgan fingerprint density at radius 1 is 1.08 bits per heavy atom. The van der Waals surface area contributed by atoms with Gasteiger partial charge in [0, 0.05) is 17.8 Å². The number of fused-ring (bicyclic) bond motifs is 1. The van der Waals surface area contributed by atoms with Crippen LogP contribution in [0.25, 0.3) is 0 Å². The van der Waals surface area contributed by atoms with Crippen LogP contribution in [0.1, 0.15) is 28.4 Å². The van der Waals surface area contributed by atoms with E-state index in [4.69, 9.17) is 9.47 Å². The topological polar surface area (TPSA) is 76.7 Å². The zero-order valence-electron chi connectivity index (χ0n) is 14.2. The average molecular weight is 340 g/mol. The van der Waals surface area contributed by atoms with Crippen LogP contribution >= 0.6 is 0 Å². The van der Waals surface area contributed by atoms with Crippen LogP contribution in [0.3, 0.4) is 0 Å². The van der Waals surface area contributed by atoms with Gasteiger partial charge in [-0.05, 0) is 55.3 Å². The maximum atomic E-state index is 12.3. The lowest BCUT2D eigenvalue weighted by Crippen LogP contribution is -2.23. The number of benzene rings is 2. The Labute approximate surface area is 146 Å². The highest BCUT2D eigenvalue weighted by Gasteiger charge is 2.15. The van der Waals surface area contributed by atoms with Gasteiger partial charge in [0.25, 0.3) is 5.91 Å². The maximum Gasteiger partial charge on any atom is 0.251 e. The summed E-state index contributed by atoms with van der Waals surface area (Å²) in [5.74, 6) is 1.10. The van der Waals surface area contributed by atoms with Crippen LogP contribution in [0.5, 0.6) is 11.5 Å². The summed E-state index contributed by atoms with van der Waals surface area (Å²) in [5.41, 5.74) is 2.95. The van der Waals surface area contributed by atoms with E-state index in [1.165, 1.54) is 0 Å². The summed E-state index contributed by atoms with van der Waals surface area (Å²) in [5, 5.41) is 5.64. The zero-order chi connectivity index (χ0) is 17.8. The molecule has 2 aromatic rings. The van der Waals surface area contributed by atoms with Gasteiger partial charge in [-0.1, -0.05) is 6.07 Å². The molecule has 1 aliphatic heterocycles. The fraction of sp³-hybridized carbons (Fsp3) is 0.263. The highest BCUT2D eigenvalue weighted by atomic mass is 16.7. The molecule has 1 heterocycles. The van der Waals surface area contributed by atoms with E-state index in [1.54, 1.807) is 24.3 Å². The second-order valence-electron chi connectivity index (χ2n) is 5.80. The van der Waals surface area contributed by atoms with E-state index in [9.17, 15) is 9.59 Å². The van der Waals surface area contributed by atoms with Crippen molar-refractivity contribution in [2.24, 2.45) is 0 Å². The maximum absolute atomic E-state index is 12.3. The summed E-state index contributed by atoms with van der Waals surface area (Å²) in [6, 6.07) is 10.7. The molecule has 0 radical (unpaired) electrons. The molecule has 2 N–H and O–H groups in total. The summed E-state index contributed by atoms with van der Waals surface area (Å²) in [4.78, 5) is 24.1. The number of carbonyl (C=O) groups excluding carboxylic acids is 2. The third kappa shape index (κ3) is 3.91. The fourth-order valence-corrected chi connectivity index (χ4v) is 2.64. The van der Waals surface area contributed by atoms with Crippen LogP contribution in [0.2, 0.25) is 0 Å². The van der Waals surface area contributed by atoms with Gasteiger partial charge in [0.05, 0.1) is 6.42 Å². The third-order valence-corrected chi connectivity index (χ3v) is 3.90. The Hall–Kier alpha value is -3.02. The second-order valence-corrected chi connectivity index (χ2v) is 5.80. The molecule has 0 unspecified atom stereocenters. The van der Waals surface area contributed by atoms with E-state index in [0.717, 1.165) is 11.1 Å². The van der Waals surface area contributed by atoms with Gasteiger partial charge in [-0.15, -0.1) is 0 Å². The minimum absolute atomic E-state index is 0.121. The number of nitrogens with one attached hydrogen (secondary N) is 2. The highest BCUT2D eigenvalue weighted by molar-refractivity contribution is 5.97. The molecule has 0 saturated heterocycles. The minimum atomic E-state index is -0.132. The molecular formula is C19H20N2O4. The quantitative estimate of drug-likeness (QED) is 0.877. The van der Waals surface area contributed by atoms with Crippen molar-refractivity contribution in [3.8, 4) is 11.5 Å². The number of carbonyl (C=O) groups is 2. The van der Waals surface area contributed by atoms with Gasteiger partial charge >= 0.3 is 0 Å². The lowest BCUT2D eigenvalue weighted by molar-refractivity contribution is -0.115. The first kappa shape index (κ1) is 16.8. The Morgan fingerprint density at radius 2 is 1.88 bits per heavy atom. The summed E-state index contributed by atoms with van der Waals surface area (Å²) >= 11 is 0. The average Bonchev–Trinajstić information content (AvgIpc) is 3.04. The first-order valence-electron chi connectivity index (χ1n) is 8.14. The van der Waals surface area contributed by atoms with E-state index >= 15 is 0 Å². The Bertz CT molecular complexity index is 817. The molecule has 0 aromatic heterocycles. The van der Waals surface area contributed by atoms with Crippen molar-refractivity contribution in [2.75, 3.05) is 18.7 Å². The largest absolute Gasteiger partial charge is 0.454 e. The smallest absolute Gasteiger partial charge is 0.251 e. The lowest BCUT2D eigenvalue weighted by atomic mass is 10.1. The van der Waals surface area contributed by atoms with E-state index in [1.807, 2.05) is 26.0 Å². The molecule has 0 fully saturated rings. The first-order valence-corrected chi connectivity index (χ1v) is 8.14. The SMILES string of the molecule is CCNC(=O)c1ccc(NC(=O)Cc2ccc3c(c2)OCO3)c(C)c1. The first-order chi connectivity index (χ1) is 12.1. The summed E-state index contributed by atoms with van der Waals surface area (Å²) < 4.78 is 10.6. The van der Waals surface area contributed by atoms with Crippen LogP contribution in [0, 0.1) is 6.92 Å². The molecule has 0 spiro atoms. The van der Waals surface area contributed by atoms with Crippen molar-refractivity contribution in [2.45, 2.75) is 20.3 Å². The Kier molecular flexibility index (Phi) is 4.88. The van der Waals surface area contributed by atoms with Crippen LogP contribution in [0.15, 0.2) is 36.4 Å². The Balaban J connectivity index is 1.65. The number of anilines is 1. The number of ether oxygens (including phenoxy) is 2. The number of hydrogen-bond acceptors (Lipinski definition) is 4. The predicted molar refractivity (Wildman–Crippen MR) is 94.1 cm³/mol. The molecule has 0 saturated carbocycles. The summed E-state index contributed by atoms with van der Waals surface area (Å²) in [6.45, 7) is 4.52. The van der Waals surface area contributed by atoms with Gasteiger partial charge in [-0.2, -0.15) is 0 Å². The molecule has 0 bridgehead atoms. The van der Waals surface area contributed by atoms with Gasteiger partial charge in [0.1, 0.15) is 0 Å². The molecule has 0 aliphatic carbocycles. The van der Waals surface area contributed by atoms with Crippen LogP contribution in [-0.4, -0.2) is 25.2 Å². The Morgan fingerprint density at radius 3 is 2.64 bits per heavy atom. The monoisotopic (exact) mass is 340 g/mol. The van der Waals surface area contributed by atoms with Crippen molar-refractivity contribution in [1.29, 1.82) is 0 Å². The third-order valence-electron chi connectivity index (χ3n) is 3.90. The molecule has 6 heteroatoms. The molecule has 1 aliphatic rings. The number of hydrogen-bond donors (Lipinski definition) is 2. The lowest BCUT2D eigenvalue weighted by Gasteiger charge is -2.10. The molecule has 25 heavy (non-hydrogen) atoms. The van der Waals surface area contributed by atoms with Gasteiger partial charge in [-0.3, -0.25) is 9.59 Å². The van der Waals surface area contributed by atoms with Gasteiger partial charge in [0.15, 0.2) is 11.5 Å². The summed E-state index contributed by atoms with van der Waals surface area (Å²) in [6.07, 6.45) is 0.230. The molecule has 0 atom stereocenters. The number of amides is 2. The van der Waals surface area contributed by atoms with Crippen molar-refractivity contribution >= 4 is 17.5 Å². The van der Waals surface area contributed by atoms with Crippen molar-refractivity contribution in [3.63, 3.8) is 0 Å². The van der Waals surface area contributed by atoms with E-state index in [2.05, 4.69) is 10.6 Å². The number of aryl methyl sites for hydroxylation is 1. The van der Waals surface area contributed by atoms with Crippen molar-refractivity contribution in [1.82, 2.24) is 5.32 Å². The van der Waals surface area contributed by atoms with Crippen molar-refractivity contribution < 1.29 is 19.1 Å². The van der Waals surface area contributed by atoms with Gasteiger partial charge in [-0.25, -0.2) is 0 Å². The molecule has 130 valence electrons. The predicted octanol–water partition coefficient (Wildman–Crippen LogP) is 2.65. The van der Waals surface area contributed by atoms with Gasteiger partial charge < -0.3 is 20.1 Å². The van der Waals surface area contributed by atoms with Crippen molar-refractivity contribution in [3.05, 3.63) is 53.1 Å². The molecule has 2 amide bonds. The van der Waals surface area contributed by atoms with Crippen LogP contribution in [0.4, 0.5) is 5.69 Å². The fourth-order valence-electron chi connectivity index (χ4n) is 2.64. The van der Waals surface area contributed by atoms with E-state index < -0.39 is 0 Å². The normalized spacial score (nSPS) is 11.9. The minimum Gasteiger partial charge on any atom is -0.454 e. The van der Waals surface area contributed by atoms with Gasteiger partial charge in [0.2, 0.25) is 12.7 Å².